The average Bonchev–Trinajstić information content (AvgIpc) is 2.86. The van der Waals surface area contributed by atoms with E-state index >= 15 is 0 Å². The predicted molar refractivity (Wildman–Crippen MR) is 410 cm³/mol. The van der Waals surface area contributed by atoms with E-state index in [1.165, 1.54) is 212 Å². The maximum atomic E-state index is 12.9. The Bertz CT molecular complexity index is 2030. The zero-order valence-corrected chi connectivity index (χ0v) is 62.3. The molecule has 0 aliphatic heterocycles. The number of hydrogen-bond donors (Lipinski definition) is 1. The molecular weight excluding hydrogens is 1170 g/mol. The molecule has 0 aliphatic carbocycles. The molecule has 0 aromatic carbocycles. The first-order chi connectivity index (χ1) is 46.6. The summed E-state index contributed by atoms with van der Waals surface area (Å²) in [7, 11) is 5.96. The third kappa shape index (κ3) is 76.7. The van der Waals surface area contributed by atoms with Crippen LogP contribution in [0.2, 0.25) is 0 Å². The second kappa shape index (κ2) is 75.2. The lowest BCUT2D eigenvalue weighted by Crippen LogP contribution is -2.40. The van der Waals surface area contributed by atoms with Crippen LogP contribution in [0.5, 0.6) is 0 Å². The van der Waals surface area contributed by atoms with E-state index < -0.39 is 24.3 Å². The average molecular weight is 1320 g/mol. The Labute approximate surface area is 586 Å². The summed E-state index contributed by atoms with van der Waals surface area (Å²) in [5.74, 6) is -2.09. The maximum Gasteiger partial charge on any atom is 0.361 e. The molecule has 544 valence electrons. The van der Waals surface area contributed by atoms with Crippen LogP contribution in [0.25, 0.3) is 0 Å². The predicted octanol–water partition coefficient (Wildman–Crippen LogP) is 25.3. The van der Waals surface area contributed by atoms with Crippen LogP contribution in [0.4, 0.5) is 0 Å². The number of ether oxygens (including phenoxy) is 4. The molecule has 9 heteroatoms. The Balaban J connectivity index is 4.07. The number of unbranched alkanes of at least 4 members (excludes halogenated alkanes) is 35. The Morgan fingerprint density at radius 3 is 0.926 bits per heavy atom. The molecule has 0 radical (unpaired) electrons. The van der Waals surface area contributed by atoms with Gasteiger partial charge in [0.05, 0.1) is 34.4 Å². The number of aliphatic carboxylic acids is 1. The fourth-order valence-corrected chi connectivity index (χ4v) is 10.9. The Morgan fingerprint density at radius 1 is 0.326 bits per heavy atom. The maximum absolute atomic E-state index is 12.9. The van der Waals surface area contributed by atoms with Crippen LogP contribution in [0.15, 0.2) is 134 Å². The highest BCUT2D eigenvalue weighted by molar-refractivity contribution is 5.71. The van der Waals surface area contributed by atoms with Gasteiger partial charge in [0.2, 0.25) is 0 Å². The van der Waals surface area contributed by atoms with Gasteiger partial charge in [0.25, 0.3) is 6.29 Å². The number of rotatable bonds is 72. The molecule has 0 saturated carbocycles. The Morgan fingerprint density at radius 2 is 0.611 bits per heavy atom. The van der Waals surface area contributed by atoms with Crippen LogP contribution in [0.3, 0.4) is 0 Å². The first-order valence-corrected chi connectivity index (χ1v) is 39.3. The van der Waals surface area contributed by atoms with Crippen molar-refractivity contribution in [2.24, 2.45) is 0 Å². The van der Waals surface area contributed by atoms with E-state index in [-0.39, 0.29) is 38.6 Å². The van der Waals surface area contributed by atoms with Crippen LogP contribution in [-0.4, -0.2) is 87.4 Å². The van der Waals surface area contributed by atoms with E-state index in [0.29, 0.717) is 23.9 Å². The largest absolute Gasteiger partial charge is 0.477 e. The van der Waals surface area contributed by atoms with Crippen molar-refractivity contribution in [3.63, 3.8) is 0 Å². The van der Waals surface area contributed by atoms with Crippen molar-refractivity contribution in [2.75, 3.05) is 47.5 Å². The molecule has 0 fully saturated rings. The molecule has 2 atom stereocenters. The van der Waals surface area contributed by atoms with Crippen molar-refractivity contribution in [2.45, 2.75) is 347 Å². The highest BCUT2D eigenvalue weighted by Crippen LogP contribution is 2.18. The van der Waals surface area contributed by atoms with Crippen LogP contribution in [-0.2, 0) is 33.3 Å². The van der Waals surface area contributed by atoms with E-state index in [0.717, 1.165) is 83.5 Å². The van der Waals surface area contributed by atoms with E-state index in [9.17, 15) is 19.5 Å². The molecule has 2 unspecified atom stereocenters. The monoisotopic (exact) mass is 1320 g/mol. The van der Waals surface area contributed by atoms with Crippen LogP contribution in [0.1, 0.15) is 335 Å². The van der Waals surface area contributed by atoms with Crippen LogP contribution >= 0.6 is 0 Å². The zero-order chi connectivity index (χ0) is 69.0. The zero-order valence-electron chi connectivity index (χ0n) is 62.3. The number of quaternary nitrogens is 1. The summed E-state index contributed by atoms with van der Waals surface area (Å²) in [5, 5.41) is 9.76. The molecule has 95 heavy (non-hydrogen) atoms. The van der Waals surface area contributed by atoms with Gasteiger partial charge >= 0.3 is 17.9 Å². The first-order valence-electron chi connectivity index (χ1n) is 39.3. The van der Waals surface area contributed by atoms with Gasteiger partial charge in [-0.15, -0.1) is 0 Å². The van der Waals surface area contributed by atoms with Crippen molar-refractivity contribution < 1.29 is 42.9 Å². The van der Waals surface area contributed by atoms with Gasteiger partial charge in [-0.05, 0) is 109 Å². The lowest BCUT2D eigenvalue weighted by Gasteiger charge is -2.25. The molecule has 0 bridgehead atoms. The van der Waals surface area contributed by atoms with Gasteiger partial charge in [0.1, 0.15) is 13.2 Å². The van der Waals surface area contributed by atoms with Gasteiger partial charge in [0, 0.05) is 12.8 Å². The van der Waals surface area contributed by atoms with Crippen LogP contribution < -0.4 is 0 Å². The van der Waals surface area contributed by atoms with Crippen molar-refractivity contribution in [3.05, 3.63) is 134 Å². The molecule has 0 spiro atoms. The number of nitrogens with zero attached hydrogens (tertiary/aromatic N) is 1. The quantitative estimate of drug-likeness (QED) is 0.0211. The second-order valence-corrected chi connectivity index (χ2v) is 27.3. The molecular formula is C86H148NO8+. The second-order valence-electron chi connectivity index (χ2n) is 27.3. The summed E-state index contributed by atoms with van der Waals surface area (Å²) in [4.78, 5) is 37.7. The summed E-state index contributed by atoms with van der Waals surface area (Å²) in [6.45, 7) is 4.71. The number of carboxylic acid groups (broad SMARTS) is 1. The third-order valence-electron chi connectivity index (χ3n) is 16.9. The van der Waals surface area contributed by atoms with E-state index in [4.69, 9.17) is 18.9 Å². The smallest absolute Gasteiger partial charge is 0.361 e. The van der Waals surface area contributed by atoms with E-state index in [1.54, 1.807) is 0 Å². The molecule has 9 nitrogen and oxygen atoms in total. The molecule has 1 N–H and O–H groups in total. The van der Waals surface area contributed by atoms with Crippen molar-refractivity contribution >= 4 is 17.9 Å². The van der Waals surface area contributed by atoms with Gasteiger partial charge in [0.15, 0.2) is 6.10 Å². The van der Waals surface area contributed by atoms with Crippen molar-refractivity contribution in [1.29, 1.82) is 0 Å². The molecule has 0 aromatic rings. The molecule has 0 heterocycles. The standard InChI is InChI=1S/C86H147NO8/c1-6-8-10-12-14-16-18-20-22-24-26-28-30-32-34-36-37-38-39-40-41-42-43-44-45-46-47-49-50-52-54-56-58-60-62-64-66-68-70-72-74-76-83(88)93-80-82(81-94-86(85(90)91)92-79-78-87(3,4)5)95-84(89)77-75-73-71-69-67-65-63-61-59-57-55-53-51-48-35-33-31-29-27-25-23-21-19-17-15-13-11-9-7-2/h9,11,15,17-18,20-21,23-24,26-27,29,33,35,51,53,57,59,63,65,69,71,82,86H,6-8,10,12-14,16,19,22,25,28,30-32,34,36-50,52,54-56,58,60-62,64,66-68,70,72-81H2,1-5H3/p+1/b11-9-,17-15-,20-18-,23-21-,26-24-,29-27-,35-33-,53-51-,59-57-,65-63-,71-69-. The number of allylic oxidation sites excluding steroid dienone is 22. The Hall–Kier alpha value is -4.57. The lowest BCUT2D eigenvalue weighted by molar-refractivity contribution is -0.870. The van der Waals surface area contributed by atoms with Gasteiger partial charge in [-0.25, -0.2) is 4.79 Å². The number of carbonyl (C=O) groups is 3. The SMILES string of the molecule is CC/C=C\C/C=C\C/C=C\C/C=C\C/C=C\C/C=C\C/C=C\C/C=C\C/C=C\CCCC(=O)OC(COC(=O)CCCCCCCCCCCCCCCCCCCCCCCCCCCCCCC/C=C\C/C=C\CCCCCCC)COC(OCC[N+](C)(C)C)C(=O)O. The summed E-state index contributed by atoms with van der Waals surface area (Å²) in [6.07, 6.45) is 106. The third-order valence-corrected chi connectivity index (χ3v) is 16.9. The normalized spacial score (nSPS) is 13.4. The number of esters is 2. The molecule has 0 aromatic heterocycles. The highest BCUT2D eigenvalue weighted by Gasteiger charge is 2.25. The molecule has 0 saturated heterocycles. The van der Waals surface area contributed by atoms with Gasteiger partial charge < -0.3 is 28.5 Å². The minimum Gasteiger partial charge on any atom is -0.477 e. The summed E-state index contributed by atoms with van der Waals surface area (Å²) < 4.78 is 22.9. The topological polar surface area (TPSA) is 108 Å². The summed E-state index contributed by atoms with van der Waals surface area (Å²) in [5.41, 5.74) is 0. The fourth-order valence-electron chi connectivity index (χ4n) is 10.9. The Kier molecular flexibility index (Phi) is 71.6. The first kappa shape index (κ1) is 90.4. The number of carboxylic acids is 1. The van der Waals surface area contributed by atoms with E-state index in [2.05, 4.69) is 148 Å². The number of carbonyl (C=O) groups excluding carboxylic acids is 2. The van der Waals surface area contributed by atoms with Gasteiger partial charge in [-0.1, -0.05) is 347 Å². The minimum absolute atomic E-state index is 0.171. The van der Waals surface area contributed by atoms with E-state index in [1.807, 2.05) is 21.1 Å². The van der Waals surface area contributed by atoms with Crippen molar-refractivity contribution in [3.8, 4) is 0 Å². The number of hydrogen-bond acceptors (Lipinski definition) is 7. The summed E-state index contributed by atoms with van der Waals surface area (Å²) >= 11 is 0. The van der Waals surface area contributed by atoms with Gasteiger partial charge in [-0.3, -0.25) is 9.59 Å². The number of likely N-dealkylation sites (N-methyl/N-ethyl adjacent to an activating group) is 1. The fraction of sp³-hybridized carbons (Fsp3) is 0.709. The van der Waals surface area contributed by atoms with Crippen LogP contribution in [0, 0.1) is 0 Å². The molecule has 0 amide bonds. The molecule has 0 rings (SSSR count). The van der Waals surface area contributed by atoms with Crippen molar-refractivity contribution in [1.82, 2.24) is 0 Å². The molecule has 0 aliphatic rings. The minimum atomic E-state index is -1.53. The summed E-state index contributed by atoms with van der Waals surface area (Å²) in [6, 6.07) is 0. The van der Waals surface area contributed by atoms with Gasteiger partial charge in [-0.2, -0.15) is 0 Å². The lowest BCUT2D eigenvalue weighted by atomic mass is 10.0. The highest BCUT2D eigenvalue weighted by atomic mass is 16.7.